The Morgan fingerprint density at radius 1 is 1.06 bits per heavy atom. The number of nitrogens with one attached hydrogen (secondary N) is 1. The molecule has 0 unspecified atom stereocenters. The van der Waals surface area contributed by atoms with Crippen molar-refractivity contribution < 1.29 is 13.2 Å². The van der Waals surface area contributed by atoms with E-state index in [9.17, 15) is 13.2 Å². The van der Waals surface area contributed by atoms with Crippen molar-refractivity contribution in [1.82, 2.24) is 13.6 Å². The van der Waals surface area contributed by atoms with Crippen LogP contribution in [0.15, 0.2) is 71.6 Å². The third-order valence-electron chi connectivity index (χ3n) is 5.18. The molecule has 1 amide bonds. The first-order valence-electron chi connectivity index (χ1n) is 9.63. The zero-order chi connectivity index (χ0) is 22.9. The normalized spacial score (nSPS) is 12.5. The van der Waals surface area contributed by atoms with E-state index in [1.165, 1.54) is 18.2 Å². The third-order valence-corrected chi connectivity index (χ3v) is 7.35. The molecular formula is C22H19ClN4O3S2. The molecule has 0 fully saturated rings. The van der Waals surface area contributed by atoms with Gasteiger partial charge in [-0.1, -0.05) is 48.0 Å². The van der Waals surface area contributed by atoms with Crippen molar-refractivity contribution in [3.05, 3.63) is 82.9 Å². The Hall–Kier alpha value is -3.01. The van der Waals surface area contributed by atoms with Gasteiger partial charge in [0.2, 0.25) is 0 Å². The van der Waals surface area contributed by atoms with Crippen molar-refractivity contribution in [2.45, 2.75) is 17.9 Å². The number of carbonyl (C=O) groups excluding carboxylic acids is 1. The molecule has 0 spiro atoms. The van der Waals surface area contributed by atoms with Crippen LogP contribution in [0.25, 0.3) is 11.0 Å². The summed E-state index contributed by atoms with van der Waals surface area (Å²) in [7, 11) is -2.38. The number of amides is 1. The number of aromatic nitrogens is 2. The van der Waals surface area contributed by atoms with Gasteiger partial charge in [0.05, 0.1) is 29.0 Å². The third kappa shape index (κ3) is 4.32. The Bertz CT molecular complexity index is 1390. The van der Waals surface area contributed by atoms with E-state index in [0.29, 0.717) is 10.5 Å². The molecule has 32 heavy (non-hydrogen) atoms. The van der Waals surface area contributed by atoms with Gasteiger partial charge in [0.1, 0.15) is 15.9 Å². The molecule has 1 N–H and O–H groups in total. The lowest BCUT2D eigenvalue weighted by Crippen LogP contribution is -2.30. The predicted octanol–water partition coefficient (Wildman–Crippen LogP) is 4.98. The molecule has 0 bridgehead atoms. The molecule has 0 aliphatic carbocycles. The molecule has 10 heteroatoms. The van der Waals surface area contributed by atoms with Gasteiger partial charge in [0.25, 0.3) is 15.9 Å². The number of hydrogen-bond acceptors (Lipinski definition) is 6. The molecule has 7 nitrogen and oxygen atoms in total. The van der Waals surface area contributed by atoms with Crippen LogP contribution in [0.2, 0.25) is 5.02 Å². The van der Waals surface area contributed by atoms with Crippen LogP contribution in [0.1, 0.15) is 28.9 Å². The Morgan fingerprint density at radius 3 is 2.56 bits per heavy atom. The first-order valence-corrected chi connectivity index (χ1v) is 12.2. The van der Waals surface area contributed by atoms with E-state index in [2.05, 4.69) is 13.5 Å². The summed E-state index contributed by atoms with van der Waals surface area (Å²) < 4.78 is 37.1. The molecule has 164 valence electrons. The SMILES string of the molecule is C[C@@H](c1ccccc1)N(C)C(=O)c1ccc(Cl)cc1NS(=O)(=O)c1cccc2nsnc12. The summed E-state index contributed by atoms with van der Waals surface area (Å²) in [6.45, 7) is 1.91. The number of anilines is 1. The Balaban J connectivity index is 1.69. The van der Waals surface area contributed by atoms with Crippen LogP contribution in [0.4, 0.5) is 5.69 Å². The summed E-state index contributed by atoms with van der Waals surface area (Å²) in [5.41, 5.74) is 2.00. The number of sulfonamides is 1. The monoisotopic (exact) mass is 486 g/mol. The Morgan fingerprint density at radius 2 is 1.81 bits per heavy atom. The van der Waals surface area contributed by atoms with Gasteiger partial charge in [-0.3, -0.25) is 9.52 Å². The highest BCUT2D eigenvalue weighted by Gasteiger charge is 2.25. The lowest BCUT2D eigenvalue weighted by atomic mass is 10.1. The highest BCUT2D eigenvalue weighted by Crippen LogP contribution is 2.29. The van der Waals surface area contributed by atoms with E-state index in [-0.39, 0.29) is 33.6 Å². The van der Waals surface area contributed by atoms with E-state index in [1.807, 2.05) is 37.3 Å². The van der Waals surface area contributed by atoms with Gasteiger partial charge in [0, 0.05) is 12.1 Å². The van der Waals surface area contributed by atoms with Crippen molar-refractivity contribution in [3.63, 3.8) is 0 Å². The maximum atomic E-state index is 13.3. The van der Waals surface area contributed by atoms with Crippen molar-refractivity contribution >= 4 is 56.0 Å². The Labute approximate surface area is 195 Å². The number of nitrogens with zero attached hydrogens (tertiary/aromatic N) is 3. The number of hydrogen-bond donors (Lipinski definition) is 1. The van der Waals surface area contributed by atoms with Gasteiger partial charge in [-0.2, -0.15) is 8.75 Å². The maximum Gasteiger partial charge on any atom is 0.264 e. The molecule has 0 aliphatic heterocycles. The molecule has 4 aromatic rings. The second-order valence-corrected chi connectivity index (χ2v) is 9.80. The van der Waals surface area contributed by atoms with Crippen LogP contribution < -0.4 is 4.72 Å². The molecule has 1 heterocycles. The fourth-order valence-electron chi connectivity index (χ4n) is 3.31. The molecule has 0 aliphatic rings. The predicted molar refractivity (Wildman–Crippen MR) is 127 cm³/mol. The van der Waals surface area contributed by atoms with Gasteiger partial charge in [0.15, 0.2) is 0 Å². The molecule has 1 aromatic heterocycles. The number of benzene rings is 3. The number of rotatable bonds is 6. The topological polar surface area (TPSA) is 92.3 Å². The number of carbonyl (C=O) groups is 1. The van der Waals surface area contributed by atoms with E-state index < -0.39 is 10.0 Å². The average Bonchev–Trinajstić information content (AvgIpc) is 3.27. The van der Waals surface area contributed by atoms with Crippen LogP contribution in [0.3, 0.4) is 0 Å². The molecule has 1 atom stereocenters. The minimum absolute atomic E-state index is 0.0202. The van der Waals surface area contributed by atoms with Crippen LogP contribution in [-0.4, -0.2) is 35.0 Å². The fourth-order valence-corrected chi connectivity index (χ4v) is 5.32. The molecule has 3 aromatic carbocycles. The summed E-state index contributed by atoms with van der Waals surface area (Å²) in [5, 5.41) is 0.298. The average molecular weight is 487 g/mol. The number of fused-ring (bicyclic) bond motifs is 1. The highest BCUT2D eigenvalue weighted by atomic mass is 35.5. The molecule has 0 radical (unpaired) electrons. The summed E-state index contributed by atoms with van der Waals surface area (Å²) in [5.74, 6) is -0.343. The molecule has 0 saturated carbocycles. The van der Waals surface area contributed by atoms with Crippen molar-refractivity contribution in [1.29, 1.82) is 0 Å². The molecule has 0 saturated heterocycles. The zero-order valence-electron chi connectivity index (χ0n) is 17.2. The van der Waals surface area contributed by atoms with Crippen LogP contribution in [0.5, 0.6) is 0 Å². The van der Waals surface area contributed by atoms with E-state index in [4.69, 9.17) is 11.6 Å². The first kappa shape index (κ1) is 22.2. The summed E-state index contributed by atoms with van der Waals surface area (Å²) in [6.07, 6.45) is 0. The van der Waals surface area contributed by atoms with Crippen LogP contribution in [-0.2, 0) is 10.0 Å². The largest absolute Gasteiger partial charge is 0.335 e. The lowest BCUT2D eigenvalue weighted by Gasteiger charge is -2.26. The van der Waals surface area contributed by atoms with Gasteiger partial charge < -0.3 is 4.90 Å². The lowest BCUT2D eigenvalue weighted by molar-refractivity contribution is 0.0743. The van der Waals surface area contributed by atoms with Gasteiger partial charge in [-0.05, 0) is 42.8 Å². The zero-order valence-corrected chi connectivity index (χ0v) is 19.6. The molecular weight excluding hydrogens is 468 g/mol. The van der Waals surface area contributed by atoms with E-state index in [0.717, 1.165) is 17.3 Å². The van der Waals surface area contributed by atoms with E-state index >= 15 is 0 Å². The maximum absolute atomic E-state index is 13.3. The minimum Gasteiger partial charge on any atom is -0.335 e. The smallest absolute Gasteiger partial charge is 0.264 e. The minimum atomic E-state index is -4.06. The summed E-state index contributed by atoms with van der Waals surface area (Å²) in [4.78, 5) is 14.8. The quantitative estimate of drug-likeness (QED) is 0.415. The highest BCUT2D eigenvalue weighted by molar-refractivity contribution is 7.93. The van der Waals surface area contributed by atoms with Crippen molar-refractivity contribution in [3.8, 4) is 0 Å². The standard InChI is InChI=1S/C22H19ClN4O3S2/c1-14(15-7-4-3-5-8-15)27(2)22(28)17-12-11-16(23)13-19(17)26-32(29,30)20-10-6-9-18-21(20)25-31-24-18/h3-14,26H,1-2H3/t14-/m0/s1. The van der Waals surface area contributed by atoms with Gasteiger partial charge in [-0.15, -0.1) is 0 Å². The van der Waals surface area contributed by atoms with Crippen molar-refractivity contribution in [2.75, 3.05) is 11.8 Å². The molecule has 4 rings (SSSR count). The van der Waals surface area contributed by atoms with Gasteiger partial charge >= 0.3 is 0 Å². The fraction of sp³-hybridized carbons (Fsp3) is 0.136. The second kappa shape index (κ2) is 8.85. The van der Waals surface area contributed by atoms with E-state index in [1.54, 1.807) is 30.1 Å². The Kier molecular flexibility index (Phi) is 6.14. The van der Waals surface area contributed by atoms with Gasteiger partial charge in [-0.25, -0.2) is 8.42 Å². The van der Waals surface area contributed by atoms with Crippen LogP contribution >= 0.6 is 23.3 Å². The summed E-state index contributed by atoms with van der Waals surface area (Å²) >= 11 is 7.06. The number of halogens is 1. The van der Waals surface area contributed by atoms with Crippen LogP contribution in [0, 0.1) is 0 Å². The summed E-state index contributed by atoms with van der Waals surface area (Å²) in [6, 6.07) is 18.6. The van der Waals surface area contributed by atoms with Crippen molar-refractivity contribution in [2.24, 2.45) is 0 Å². The second-order valence-electron chi connectivity index (χ2n) is 7.19. The first-order chi connectivity index (χ1) is 15.3.